The van der Waals surface area contributed by atoms with E-state index in [9.17, 15) is 8.42 Å². The van der Waals surface area contributed by atoms with E-state index in [4.69, 9.17) is 0 Å². The summed E-state index contributed by atoms with van der Waals surface area (Å²) in [5, 5.41) is 3.38. The molecule has 0 atom stereocenters. The summed E-state index contributed by atoms with van der Waals surface area (Å²) in [4.78, 5) is 4.59. The van der Waals surface area contributed by atoms with Crippen LogP contribution in [0.25, 0.3) is 0 Å². The van der Waals surface area contributed by atoms with Crippen LogP contribution in [-0.4, -0.2) is 36.8 Å². The standard InChI is InChI=1S/C15H23N3O2S/c19-21(20,18-10-4-1-5-11-18)14-8-9-15(16-12-14)17-13-6-2-3-7-13/h8-9,12-13H,1-7,10-11H2,(H,16,17). The molecule has 2 heterocycles. The summed E-state index contributed by atoms with van der Waals surface area (Å²) in [6.07, 6.45) is 9.39. The quantitative estimate of drug-likeness (QED) is 0.928. The Labute approximate surface area is 126 Å². The molecule has 0 bridgehead atoms. The van der Waals surface area contributed by atoms with Crippen molar-refractivity contribution in [2.75, 3.05) is 18.4 Å². The zero-order valence-corrected chi connectivity index (χ0v) is 13.1. The maximum absolute atomic E-state index is 12.5. The predicted octanol–water partition coefficient (Wildman–Crippen LogP) is 2.61. The summed E-state index contributed by atoms with van der Waals surface area (Å²) in [5.74, 6) is 0.777. The van der Waals surface area contributed by atoms with Crippen LogP contribution in [-0.2, 0) is 10.0 Å². The first-order valence-corrected chi connectivity index (χ1v) is 9.33. The highest BCUT2D eigenvalue weighted by Crippen LogP contribution is 2.23. The smallest absolute Gasteiger partial charge is 0.244 e. The van der Waals surface area contributed by atoms with Crippen molar-refractivity contribution in [1.82, 2.24) is 9.29 Å². The Hall–Kier alpha value is -1.14. The van der Waals surface area contributed by atoms with Gasteiger partial charge in [-0.3, -0.25) is 0 Å². The van der Waals surface area contributed by atoms with Gasteiger partial charge in [0, 0.05) is 25.3 Å². The van der Waals surface area contributed by atoms with Crippen LogP contribution in [0.15, 0.2) is 23.2 Å². The van der Waals surface area contributed by atoms with E-state index >= 15 is 0 Å². The molecule has 1 aliphatic heterocycles. The Morgan fingerprint density at radius 3 is 2.38 bits per heavy atom. The molecule has 0 radical (unpaired) electrons. The average molecular weight is 309 g/mol. The number of nitrogens with one attached hydrogen (secondary N) is 1. The molecule has 1 aromatic heterocycles. The maximum atomic E-state index is 12.5. The van der Waals surface area contributed by atoms with Gasteiger partial charge in [0.2, 0.25) is 10.0 Å². The number of nitrogens with zero attached hydrogens (tertiary/aromatic N) is 2. The van der Waals surface area contributed by atoms with Gasteiger partial charge < -0.3 is 5.32 Å². The third-order valence-corrected chi connectivity index (χ3v) is 6.28. The number of hydrogen-bond donors (Lipinski definition) is 1. The number of sulfonamides is 1. The van der Waals surface area contributed by atoms with Crippen molar-refractivity contribution in [3.05, 3.63) is 18.3 Å². The lowest BCUT2D eigenvalue weighted by Gasteiger charge is -2.25. The molecular formula is C15H23N3O2S. The first-order chi connectivity index (χ1) is 10.2. The van der Waals surface area contributed by atoms with Crippen LogP contribution in [0, 0.1) is 0 Å². The van der Waals surface area contributed by atoms with Crippen molar-refractivity contribution >= 4 is 15.8 Å². The largest absolute Gasteiger partial charge is 0.367 e. The van der Waals surface area contributed by atoms with Gasteiger partial charge in [-0.2, -0.15) is 4.31 Å². The van der Waals surface area contributed by atoms with Crippen LogP contribution in [0.3, 0.4) is 0 Å². The minimum absolute atomic E-state index is 0.307. The third kappa shape index (κ3) is 3.37. The fourth-order valence-electron chi connectivity index (χ4n) is 3.15. The van der Waals surface area contributed by atoms with Crippen molar-refractivity contribution in [2.24, 2.45) is 0 Å². The Balaban J connectivity index is 1.70. The number of anilines is 1. The van der Waals surface area contributed by atoms with E-state index in [1.54, 1.807) is 16.4 Å². The maximum Gasteiger partial charge on any atom is 0.244 e. The van der Waals surface area contributed by atoms with E-state index < -0.39 is 10.0 Å². The lowest BCUT2D eigenvalue weighted by molar-refractivity contribution is 0.346. The van der Waals surface area contributed by atoms with Crippen molar-refractivity contribution in [3.8, 4) is 0 Å². The first kappa shape index (κ1) is 14.8. The molecule has 6 heteroatoms. The van der Waals surface area contributed by atoms with E-state index in [1.807, 2.05) is 0 Å². The Bertz CT molecular complexity index is 559. The normalized spacial score (nSPS) is 21.5. The minimum atomic E-state index is -3.36. The molecule has 5 nitrogen and oxygen atoms in total. The fraction of sp³-hybridized carbons (Fsp3) is 0.667. The highest BCUT2D eigenvalue weighted by atomic mass is 32.2. The molecular weight excluding hydrogens is 286 g/mol. The molecule has 1 aromatic rings. The molecule has 2 aliphatic rings. The van der Waals surface area contributed by atoms with Crippen LogP contribution in [0.2, 0.25) is 0 Å². The van der Waals surface area contributed by atoms with Gasteiger partial charge in [-0.15, -0.1) is 0 Å². The van der Waals surface area contributed by atoms with Gasteiger partial charge in [0.25, 0.3) is 0 Å². The van der Waals surface area contributed by atoms with E-state index in [1.165, 1.54) is 31.9 Å². The van der Waals surface area contributed by atoms with E-state index in [0.29, 0.717) is 24.0 Å². The molecule has 0 spiro atoms. The number of pyridine rings is 1. The van der Waals surface area contributed by atoms with Crippen LogP contribution < -0.4 is 5.32 Å². The summed E-state index contributed by atoms with van der Waals surface area (Å²) in [6, 6.07) is 3.95. The lowest BCUT2D eigenvalue weighted by Crippen LogP contribution is -2.35. The highest BCUT2D eigenvalue weighted by molar-refractivity contribution is 7.89. The van der Waals surface area contributed by atoms with Crippen LogP contribution in [0.1, 0.15) is 44.9 Å². The van der Waals surface area contributed by atoms with Crippen LogP contribution >= 0.6 is 0 Å². The molecule has 116 valence electrons. The fourth-order valence-corrected chi connectivity index (χ4v) is 4.61. The van der Waals surface area contributed by atoms with Crippen LogP contribution in [0.5, 0.6) is 0 Å². The highest BCUT2D eigenvalue weighted by Gasteiger charge is 2.26. The molecule has 1 aliphatic carbocycles. The Morgan fingerprint density at radius 1 is 1.05 bits per heavy atom. The molecule has 21 heavy (non-hydrogen) atoms. The van der Waals surface area contributed by atoms with Crippen molar-refractivity contribution in [2.45, 2.75) is 55.9 Å². The number of aromatic nitrogens is 1. The zero-order chi connectivity index (χ0) is 14.7. The third-order valence-electron chi connectivity index (χ3n) is 4.40. The Morgan fingerprint density at radius 2 is 1.76 bits per heavy atom. The summed E-state index contributed by atoms with van der Waals surface area (Å²) in [6.45, 7) is 1.26. The summed E-state index contributed by atoms with van der Waals surface area (Å²) in [5.41, 5.74) is 0. The first-order valence-electron chi connectivity index (χ1n) is 7.89. The summed E-state index contributed by atoms with van der Waals surface area (Å²) < 4.78 is 26.6. The summed E-state index contributed by atoms with van der Waals surface area (Å²) in [7, 11) is -3.36. The van der Waals surface area contributed by atoms with Gasteiger partial charge in [-0.1, -0.05) is 19.3 Å². The average Bonchev–Trinajstić information content (AvgIpc) is 3.02. The zero-order valence-electron chi connectivity index (χ0n) is 12.3. The van der Waals surface area contributed by atoms with Crippen molar-refractivity contribution in [1.29, 1.82) is 0 Å². The van der Waals surface area contributed by atoms with Gasteiger partial charge in [0.05, 0.1) is 0 Å². The minimum Gasteiger partial charge on any atom is -0.367 e. The topological polar surface area (TPSA) is 62.3 Å². The number of rotatable bonds is 4. The second kappa shape index (κ2) is 6.32. The predicted molar refractivity (Wildman–Crippen MR) is 82.7 cm³/mol. The van der Waals surface area contributed by atoms with Gasteiger partial charge in [0.15, 0.2) is 0 Å². The second-order valence-electron chi connectivity index (χ2n) is 5.97. The molecule has 0 unspecified atom stereocenters. The number of hydrogen-bond acceptors (Lipinski definition) is 4. The molecule has 1 saturated heterocycles. The van der Waals surface area contributed by atoms with Crippen molar-refractivity contribution in [3.63, 3.8) is 0 Å². The van der Waals surface area contributed by atoms with E-state index in [-0.39, 0.29) is 0 Å². The lowest BCUT2D eigenvalue weighted by atomic mass is 10.2. The second-order valence-corrected chi connectivity index (χ2v) is 7.91. The SMILES string of the molecule is O=S(=O)(c1ccc(NC2CCCC2)nc1)N1CCCCC1. The van der Waals surface area contributed by atoms with Crippen LogP contribution in [0.4, 0.5) is 5.82 Å². The molecule has 1 saturated carbocycles. The molecule has 2 fully saturated rings. The van der Waals surface area contributed by atoms with Gasteiger partial charge >= 0.3 is 0 Å². The molecule has 3 rings (SSSR count). The van der Waals surface area contributed by atoms with Gasteiger partial charge in [0.1, 0.15) is 10.7 Å². The van der Waals surface area contributed by atoms with E-state index in [2.05, 4.69) is 10.3 Å². The Kier molecular flexibility index (Phi) is 4.45. The monoisotopic (exact) mass is 309 g/mol. The van der Waals surface area contributed by atoms with Gasteiger partial charge in [-0.05, 0) is 37.8 Å². The molecule has 0 amide bonds. The summed E-state index contributed by atoms with van der Waals surface area (Å²) >= 11 is 0. The number of piperidine rings is 1. The van der Waals surface area contributed by atoms with Crippen molar-refractivity contribution < 1.29 is 8.42 Å². The molecule has 0 aromatic carbocycles. The van der Waals surface area contributed by atoms with Gasteiger partial charge in [-0.25, -0.2) is 13.4 Å². The molecule has 1 N–H and O–H groups in total. The van der Waals surface area contributed by atoms with E-state index in [0.717, 1.165) is 25.1 Å².